The predicted molar refractivity (Wildman–Crippen MR) is 95.3 cm³/mol. The van der Waals surface area contributed by atoms with Crippen LogP contribution in [0.2, 0.25) is 0 Å². The molecule has 1 aromatic heterocycles. The molecular formula is C19H18FN3O2. The van der Waals surface area contributed by atoms with Crippen molar-refractivity contribution in [3.05, 3.63) is 65.6 Å². The molecule has 0 saturated heterocycles. The van der Waals surface area contributed by atoms with Crippen molar-refractivity contribution < 1.29 is 13.9 Å². The van der Waals surface area contributed by atoms with Crippen LogP contribution in [0.15, 0.2) is 48.7 Å². The van der Waals surface area contributed by atoms with Gasteiger partial charge < -0.3 is 15.4 Å². The molecule has 0 bridgehead atoms. The number of amides is 2. The van der Waals surface area contributed by atoms with Crippen LogP contribution in [0.3, 0.4) is 0 Å². The van der Waals surface area contributed by atoms with Gasteiger partial charge in [-0.05, 0) is 42.3 Å². The minimum Gasteiger partial charge on any atom is -0.494 e. The van der Waals surface area contributed by atoms with Crippen molar-refractivity contribution in [3.8, 4) is 5.75 Å². The van der Waals surface area contributed by atoms with Crippen LogP contribution >= 0.6 is 0 Å². The summed E-state index contributed by atoms with van der Waals surface area (Å²) in [6, 6.07) is 12.0. The molecular weight excluding hydrogens is 321 g/mol. The summed E-state index contributed by atoms with van der Waals surface area (Å²) in [7, 11) is 1.40. The minimum absolute atomic E-state index is 0.147. The number of hydrogen-bond acceptors (Lipinski definition) is 3. The molecule has 0 fully saturated rings. The molecule has 0 radical (unpaired) electrons. The van der Waals surface area contributed by atoms with E-state index in [4.69, 9.17) is 4.74 Å². The van der Waals surface area contributed by atoms with Gasteiger partial charge in [0.25, 0.3) is 0 Å². The summed E-state index contributed by atoms with van der Waals surface area (Å²) < 4.78 is 18.7. The second-order valence-electron chi connectivity index (χ2n) is 5.64. The predicted octanol–water partition coefficient (Wildman–Crippen LogP) is 4.01. The fraction of sp³-hybridized carbons (Fsp3) is 0.158. The van der Waals surface area contributed by atoms with Crippen LogP contribution in [0.25, 0.3) is 10.9 Å². The number of carbonyl (C=O) groups is 1. The number of pyridine rings is 1. The Hall–Kier alpha value is -3.15. The number of ether oxygens (including phenoxy) is 1. The number of halogens is 1. The third kappa shape index (κ3) is 3.85. The first-order chi connectivity index (χ1) is 12.1. The minimum atomic E-state index is -0.523. The average molecular weight is 339 g/mol. The van der Waals surface area contributed by atoms with Crippen molar-refractivity contribution in [1.82, 2.24) is 10.3 Å². The van der Waals surface area contributed by atoms with E-state index < -0.39 is 11.8 Å². The molecule has 0 atom stereocenters. The van der Waals surface area contributed by atoms with E-state index in [0.717, 1.165) is 16.5 Å². The Morgan fingerprint density at radius 1 is 1.24 bits per heavy atom. The first kappa shape index (κ1) is 16.7. The van der Waals surface area contributed by atoms with E-state index in [1.54, 1.807) is 19.2 Å². The second-order valence-corrected chi connectivity index (χ2v) is 5.64. The molecule has 3 aromatic rings. The van der Waals surface area contributed by atoms with Gasteiger partial charge in [0.2, 0.25) is 0 Å². The van der Waals surface area contributed by atoms with Gasteiger partial charge in [0, 0.05) is 29.9 Å². The number of aromatic nitrogens is 1. The number of rotatable bonds is 4. The molecule has 0 aliphatic heterocycles. The standard InChI is InChI=1S/C19H18FN3O2/c1-12-8-18(25-2)15(20)10-17(12)23-19(24)22-11-13-5-6-16-14(9-13)4-3-7-21-16/h3-10H,11H2,1-2H3,(H2,22,23,24). The molecule has 5 nitrogen and oxygen atoms in total. The molecule has 0 unspecified atom stereocenters. The molecule has 3 rings (SSSR count). The number of benzene rings is 2. The Morgan fingerprint density at radius 2 is 2.08 bits per heavy atom. The maximum Gasteiger partial charge on any atom is 0.319 e. The van der Waals surface area contributed by atoms with Gasteiger partial charge in [0.05, 0.1) is 12.6 Å². The molecule has 0 saturated carbocycles. The Balaban J connectivity index is 1.65. The van der Waals surface area contributed by atoms with E-state index in [0.29, 0.717) is 17.8 Å². The van der Waals surface area contributed by atoms with Crippen LogP contribution in [-0.2, 0) is 6.54 Å². The number of fused-ring (bicyclic) bond motifs is 1. The molecule has 0 aliphatic carbocycles. The Morgan fingerprint density at radius 3 is 2.88 bits per heavy atom. The van der Waals surface area contributed by atoms with E-state index in [2.05, 4.69) is 15.6 Å². The van der Waals surface area contributed by atoms with Crippen molar-refractivity contribution in [2.24, 2.45) is 0 Å². The van der Waals surface area contributed by atoms with E-state index in [9.17, 15) is 9.18 Å². The Bertz CT molecular complexity index is 928. The van der Waals surface area contributed by atoms with E-state index in [1.165, 1.54) is 13.2 Å². The zero-order valence-electron chi connectivity index (χ0n) is 14.0. The van der Waals surface area contributed by atoms with Crippen LogP contribution in [0.1, 0.15) is 11.1 Å². The number of carbonyl (C=O) groups excluding carboxylic acids is 1. The van der Waals surface area contributed by atoms with E-state index in [-0.39, 0.29) is 5.75 Å². The molecule has 6 heteroatoms. The Labute approximate surface area is 144 Å². The van der Waals surface area contributed by atoms with E-state index >= 15 is 0 Å². The highest BCUT2D eigenvalue weighted by Gasteiger charge is 2.10. The zero-order valence-corrected chi connectivity index (χ0v) is 14.0. The number of nitrogens with one attached hydrogen (secondary N) is 2. The molecule has 25 heavy (non-hydrogen) atoms. The highest BCUT2D eigenvalue weighted by atomic mass is 19.1. The average Bonchev–Trinajstić information content (AvgIpc) is 2.62. The van der Waals surface area contributed by atoms with Gasteiger partial charge in [0.1, 0.15) is 0 Å². The monoisotopic (exact) mass is 339 g/mol. The lowest BCUT2D eigenvalue weighted by Crippen LogP contribution is -2.28. The van der Waals surface area contributed by atoms with Crippen molar-refractivity contribution >= 4 is 22.6 Å². The summed E-state index contributed by atoms with van der Waals surface area (Å²) >= 11 is 0. The van der Waals surface area contributed by atoms with Crippen molar-refractivity contribution in [2.45, 2.75) is 13.5 Å². The first-order valence-corrected chi connectivity index (χ1v) is 7.79. The van der Waals surface area contributed by atoms with Gasteiger partial charge >= 0.3 is 6.03 Å². The summed E-state index contributed by atoms with van der Waals surface area (Å²) in [6.07, 6.45) is 1.74. The number of aryl methyl sites for hydroxylation is 1. The van der Waals surface area contributed by atoms with Crippen molar-refractivity contribution in [1.29, 1.82) is 0 Å². The molecule has 0 spiro atoms. The van der Waals surface area contributed by atoms with Crippen LogP contribution in [0.5, 0.6) is 5.75 Å². The lowest BCUT2D eigenvalue weighted by Gasteiger charge is -2.12. The lowest BCUT2D eigenvalue weighted by atomic mass is 10.1. The van der Waals surface area contributed by atoms with Gasteiger partial charge in [-0.2, -0.15) is 0 Å². The maximum absolute atomic E-state index is 13.8. The third-order valence-corrected chi connectivity index (χ3v) is 3.87. The zero-order chi connectivity index (χ0) is 17.8. The number of methoxy groups -OCH3 is 1. The lowest BCUT2D eigenvalue weighted by molar-refractivity contribution is 0.251. The summed E-state index contributed by atoms with van der Waals surface area (Å²) in [5.74, 6) is -0.376. The fourth-order valence-corrected chi connectivity index (χ4v) is 2.53. The second kappa shape index (κ2) is 7.17. The highest BCUT2D eigenvalue weighted by Crippen LogP contribution is 2.25. The largest absolute Gasteiger partial charge is 0.494 e. The summed E-state index contributed by atoms with van der Waals surface area (Å²) in [5.41, 5.74) is 2.97. The van der Waals surface area contributed by atoms with Crippen molar-refractivity contribution in [2.75, 3.05) is 12.4 Å². The topological polar surface area (TPSA) is 63.2 Å². The Kier molecular flexibility index (Phi) is 4.79. The molecule has 2 aromatic carbocycles. The molecule has 1 heterocycles. The smallest absolute Gasteiger partial charge is 0.319 e. The number of nitrogens with zero attached hydrogens (tertiary/aromatic N) is 1. The highest BCUT2D eigenvalue weighted by molar-refractivity contribution is 5.90. The number of hydrogen-bond donors (Lipinski definition) is 2. The molecule has 2 amide bonds. The van der Waals surface area contributed by atoms with Gasteiger partial charge in [-0.1, -0.05) is 12.1 Å². The summed E-state index contributed by atoms with van der Waals surface area (Å²) in [6.45, 7) is 2.13. The first-order valence-electron chi connectivity index (χ1n) is 7.79. The van der Waals surface area contributed by atoms with Crippen LogP contribution in [0.4, 0.5) is 14.9 Å². The molecule has 0 aliphatic rings. The van der Waals surface area contributed by atoms with Gasteiger partial charge in [0.15, 0.2) is 11.6 Å². The van der Waals surface area contributed by atoms with Crippen LogP contribution < -0.4 is 15.4 Å². The SMILES string of the molecule is COc1cc(C)c(NC(=O)NCc2ccc3ncccc3c2)cc1F. The van der Waals surface area contributed by atoms with Gasteiger partial charge in [-0.15, -0.1) is 0 Å². The van der Waals surface area contributed by atoms with Gasteiger partial charge in [-0.25, -0.2) is 9.18 Å². The normalized spacial score (nSPS) is 10.5. The van der Waals surface area contributed by atoms with Gasteiger partial charge in [-0.3, -0.25) is 4.98 Å². The van der Waals surface area contributed by atoms with Crippen LogP contribution in [-0.4, -0.2) is 18.1 Å². The quantitative estimate of drug-likeness (QED) is 0.755. The summed E-state index contributed by atoms with van der Waals surface area (Å²) in [5, 5.41) is 6.42. The number of anilines is 1. The van der Waals surface area contributed by atoms with Crippen LogP contribution in [0, 0.1) is 12.7 Å². The summed E-state index contributed by atoms with van der Waals surface area (Å²) in [4.78, 5) is 16.3. The maximum atomic E-state index is 13.8. The molecule has 2 N–H and O–H groups in total. The van der Waals surface area contributed by atoms with E-state index in [1.807, 2.05) is 30.3 Å². The number of urea groups is 1. The fourth-order valence-electron chi connectivity index (χ4n) is 2.53. The van der Waals surface area contributed by atoms with Crippen molar-refractivity contribution in [3.63, 3.8) is 0 Å². The molecule has 128 valence electrons. The third-order valence-electron chi connectivity index (χ3n) is 3.87.